The Morgan fingerprint density at radius 2 is 1.80 bits per heavy atom. The molecule has 0 N–H and O–H groups in total. The first kappa shape index (κ1) is 13.3. The molecule has 0 bridgehead atoms. The SMILES string of the molecule is COCCOc1c(Br)cc(CCl)cc1Br. The van der Waals surface area contributed by atoms with E-state index in [1.54, 1.807) is 7.11 Å². The first-order valence-corrected chi connectivity index (χ1v) is 6.46. The summed E-state index contributed by atoms with van der Waals surface area (Å²) in [6.07, 6.45) is 0. The molecular weight excluding hydrogens is 347 g/mol. The highest BCUT2D eigenvalue weighted by molar-refractivity contribution is 9.11. The average molecular weight is 358 g/mol. The van der Waals surface area contributed by atoms with Crippen molar-refractivity contribution in [2.75, 3.05) is 20.3 Å². The minimum atomic E-state index is 0.482. The van der Waals surface area contributed by atoms with Crippen molar-refractivity contribution in [2.45, 2.75) is 5.88 Å². The molecule has 84 valence electrons. The molecule has 5 heteroatoms. The standard InChI is InChI=1S/C10H11Br2ClO2/c1-14-2-3-15-10-8(11)4-7(6-13)5-9(10)12/h4-5H,2-3,6H2,1H3. The van der Waals surface area contributed by atoms with Gasteiger partial charge in [0.1, 0.15) is 12.4 Å². The quantitative estimate of drug-likeness (QED) is 0.586. The van der Waals surface area contributed by atoms with E-state index in [2.05, 4.69) is 31.9 Å². The normalized spacial score (nSPS) is 10.4. The molecule has 0 fully saturated rings. The first-order chi connectivity index (χ1) is 7.19. The fourth-order valence-electron chi connectivity index (χ4n) is 1.05. The lowest BCUT2D eigenvalue weighted by atomic mass is 10.2. The van der Waals surface area contributed by atoms with E-state index in [-0.39, 0.29) is 0 Å². The fraction of sp³-hybridized carbons (Fsp3) is 0.400. The topological polar surface area (TPSA) is 18.5 Å². The Labute approximate surface area is 111 Å². The van der Waals surface area contributed by atoms with E-state index in [0.29, 0.717) is 19.1 Å². The van der Waals surface area contributed by atoms with Crippen molar-refractivity contribution in [1.82, 2.24) is 0 Å². The summed E-state index contributed by atoms with van der Waals surface area (Å²) in [5.41, 5.74) is 1.04. The number of benzene rings is 1. The monoisotopic (exact) mass is 356 g/mol. The molecule has 0 aliphatic carbocycles. The van der Waals surface area contributed by atoms with Crippen molar-refractivity contribution in [1.29, 1.82) is 0 Å². The van der Waals surface area contributed by atoms with Gasteiger partial charge in [-0.15, -0.1) is 11.6 Å². The van der Waals surface area contributed by atoms with Crippen molar-refractivity contribution in [3.8, 4) is 5.75 Å². The molecule has 0 aromatic heterocycles. The summed E-state index contributed by atoms with van der Waals surface area (Å²) in [6.45, 7) is 1.09. The third-order valence-corrected chi connectivity index (χ3v) is 3.23. The van der Waals surface area contributed by atoms with Crippen LogP contribution in [0.25, 0.3) is 0 Å². The van der Waals surface area contributed by atoms with Crippen LogP contribution < -0.4 is 4.74 Å². The highest BCUT2D eigenvalue weighted by Gasteiger charge is 2.08. The molecule has 1 rings (SSSR count). The molecule has 0 radical (unpaired) electrons. The van der Waals surface area contributed by atoms with Gasteiger partial charge in [0, 0.05) is 13.0 Å². The van der Waals surface area contributed by atoms with Crippen molar-refractivity contribution in [3.63, 3.8) is 0 Å². The number of halogens is 3. The second kappa shape index (κ2) is 6.74. The maximum atomic E-state index is 5.75. The van der Waals surface area contributed by atoms with Gasteiger partial charge in [0.2, 0.25) is 0 Å². The Morgan fingerprint density at radius 1 is 1.20 bits per heavy atom. The van der Waals surface area contributed by atoms with Crippen molar-refractivity contribution in [2.24, 2.45) is 0 Å². The van der Waals surface area contributed by atoms with Crippen LogP contribution in [0.4, 0.5) is 0 Å². The molecule has 2 nitrogen and oxygen atoms in total. The molecule has 0 atom stereocenters. The number of ether oxygens (including phenoxy) is 2. The summed E-state index contributed by atoms with van der Waals surface area (Å²) in [5.74, 6) is 1.26. The number of alkyl halides is 1. The summed E-state index contributed by atoms with van der Waals surface area (Å²) < 4.78 is 12.2. The zero-order valence-corrected chi connectivity index (χ0v) is 12.2. The predicted octanol–water partition coefficient (Wildman–Crippen LogP) is 3.98. The van der Waals surface area contributed by atoms with Crippen molar-refractivity contribution >= 4 is 43.5 Å². The Kier molecular flexibility index (Phi) is 5.97. The summed E-state index contributed by atoms with van der Waals surface area (Å²) in [4.78, 5) is 0. The van der Waals surface area contributed by atoms with Gasteiger partial charge in [-0.25, -0.2) is 0 Å². The van der Waals surface area contributed by atoms with Crippen LogP contribution in [0, 0.1) is 0 Å². The lowest BCUT2D eigenvalue weighted by molar-refractivity contribution is 0.145. The summed E-state index contributed by atoms with van der Waals surface area (Å²) in [7, 11) is 1.64. The molecule has 0 unspecified atom stereocenters. The van der Waals surface area contributed by atoms with Crippen LogP contribution in [0.2, 0.25) is 0 Å². The molecule has 0 saturated heterocycles. The van der Waals surface area contributed by atoms with Gasteiger partial charge in [-0.3, -0.25) is 0 Å². The van der Waals surface area contributed by atoms with Crippen LogP contribution in [-0.4, -0.2) is 20.3 Å². The van der Waals surface area contributed by atoms with E-state index in [9.17, 15) is 0 Å². The van der Waals surface area contributed by atoms with E-state index in [0.717, 1.165) is 20.3 Å². The van der Waals surface area contributed by atoms with Crippen LogP contribution in [0.5, 0.6) is 5.75 Å². The van der Waals surface area contributed by atoms with Crippen LogP contribution in [-0.2, 0) is 10.6 Å². The largest absolute Gasteiger partial charge is 0.489 e. The van der Waals surface area contributed by atoms with Crippen LogP contribution >= 0.6 is 43.5 Å². The minimum Gasteiger partial charge on any atom is -0.489 e. The molecule has 0 heterocycles. The lowest BCUT2D eigenvalue weighted by Crippen LogP contribution is -2.05. The van der Waals surface area contributed by atoms with Crippen molar-refractivity contribution < 1.29 is 9.47 Å². The Morgan fingerprint density at radius 3 is 2.27 bits per heavy atom. The van der Waals surface area contributed by atoms with Crippen LogP contribution in [0.1, 0.15) is 5.56 Å². The Hall–Kier alpha value is 0.230. The molecule has 0 amide bonds. The number of hydrogen-bond donors (Lipinski definition) is 0. The number of rotatable bonds is 5. The van der Waals surface area contributed by atoms with E-state index in [4.69, 9.17) is 21.1 Å². The zero-order chi connectivity index (χ0) is 11.3. The van der Waals surface area contributed by atoms with Gasteiger partial charge in [0.15, 0.2) is 0 Å². The smallest absolute Gasteiger partial charge is 0.147 e. The van der Waals surface area contributed by atoms with E-state index >= 15 is 0 Å². The van der Waals surface area contributed by atoms with Gasteiger partial charge < -0.3 is 9.47 Å². The third-order valence-electron chi connectivity index (χ3n) is 1.75. The van der Waals surface area contributed by atoms with Gasteiger partial charge in [0.25, 0.3) is 0 Å². The maximum Gasteiger partial charge on any atom is 0.147 e. The van der Waals surface area contributed by atoms with Crippen LogP contribution in [0.15, 0.2) is 21.1 Å². The van der Waals surface area contributed by atoms with Crippen molar-refractivity contribution in [3.05, 3.63) is 26.6 Å². The molecule has 0 aliphatic heterocycles. The molecule has 0 spiro atoms. The van der Waals surface area contributed by atoms with Crippen LogP contribution in [0.3, 0.4) is 0 Å². The highest BCUT2D eigenvalue weighted by Crippen LogP contribution is 2.35. The Balaban J connectivity index is 2.79. The zero-order valence-electron chi connectivity index (χ0n) is 8.23. The third kappa shape index (κ3) is 3.94. The van der Waals surface area contributed by atoms with Gasteiger partial charge >= 0.3 is 0 Å². The number of methoxy groups -OCH3 is 1. The van der Waals surface area contributed by atoms with E-state index < -0.39 is 0 Å². The van der Waals surface area contributed by atoms with Gasteiger partial charge in [-0.1, -0.05) is 0 Å². The van der Waals surface area contributed by atoms with Gasteiger partial charge in [0.05, 0.1) is 15.6 Å². The average Bonchev–Trinajstić information content (AvgIpc) is 2.22. The first-order valence-electron chi connectivity index (χ1n) is 4.34. The van der Waals surface area contributed by atoms with E-state index in [1.165, 1.54) is 0 Å². The second-order valence-corrected chi connectivity index (χ2v) is 4.84. The summed E-state index contributed by atoms with van der Waals surface area (Å²) in [5, 5.41) is 0. The molecule has 0 saturated carbocycles. The number of hydrogen-bond acceptors (Lipinski definition) is 2. The molecular formula is C10H11Br2ClO2. The molecule has 15 heavy (non-hydrogen) atoms. The summed E-state index contributed by atoms with van der Waals surface area (Å²) in [6, 6.07) is 3.89. The van der Waals surface area contributed by atoms with Gasteiger partial charge in [-0.2, -0.15) is 0 Å². The maximum absolute atomic E-state index is 5.75. The minimum absolute atomic E-state index is 0.482. The molecule has 1 aromatic carbocycles. The summed E-state index contributed by atoms with van der Waals surface area (Å²) >= 11 is 12.6. The second-order valence-electron chi connectivity index (χ2n) is 2.86. The molecule has 1 aromatic rings. The highest BCUT2D eigenvalue weighted by atomic mass is 79.9. The van der Waals surface area contributed by atoms with Gasteiger partial charge in [-0.05, 0) is 49.6 Å². The fourth-order valence-corrected chi connectivity index (χ4v) is 2.72. The lowest BCUT2D eigenvalue weighted by Gasteiger charge is -2.11. The molecule has 0 aliphatic rings. The predicted molar refractivity (Wildman–Crippen MR) is 68.8 cm³/mol. The Bertz CT molecular complexity index is 308. The van der Waals surface area contributed by atoms with E-state index in [1.807, 2.05) is 12.1 Å².